The summed E-state index contributed by atoms with van der Waals surface area (Å²) < 4.78 is 27.1. The smallest absolute Gasteiger partial charge is 0.244 e. The van der Waals surface area contributed by atoms with Crippen LogP contribution in [0, 0.1) is 5.92 Å². The van der Waals surface area contributed by atoms with Crippen LogP contribution in [0.15, 0.2) is 78.9 Å². The number of rotatable bonds is 13. The molecule has 40 heavy (non-hydrogen) atoms. The Balaban J connectivity index is 2.08. The van der Waals surface area contributed by atoms with Gasteiger partial charge in [0.15, 0.2) is 0 Å². The second-order valence-electron chi connectivity index (χ2n) is 10.2. The van der Waals surface area contributed by atoms with E-state index in [4.69, 9.17) is 11.6 Å². The van der Waals surface area contributed by atoms with Crippen LogP contribution in [-0.4, -0.2) is 50.5 Å². The maximum Gasteiger partial charge on any atom is 0.244 e. The van der Waals surface area contributed by atoms with Crippen LogP contribution in [0.1, 0.15) is 37.5 Å². The van der Waals surface area contributed by atoms with E-state index in [1.54, 1.807) is 30.3 Å². The van der Waals surface area contributed by atoms with E-state index < -0.39 is 28.5 Å². The zero-order valence-electron chi connectivity index (χ0n) is 23.5. The topological polar surface area (TPSA) is 86.8 Å². The van der Waals surface area contributed by atoms with Crippen LogP contribution in [0.5, 0.6) is 0 Å². The first kappa shape index (κ1) is 31.2. The lowest BCUT2D eigenvalue weighted by atomic mass is 10.0. The minimum absolute atomic E-state index is 0.0398. The van der Waals surface area contributed by atoms with Gasteiger partial charge in [0.1, 0.15) is 12.6 Å². The molecule has 0 heterocycles. The van der Waals surface area contributed by atoms with Gasteiger partial charge in [-0.25, -0.2) is 8.42 Å². The molecule has 9 heteroatoms. The van der Waals surface area contributed by atoms with Gasteiger partial charge in [0.25, 0.3) is 0 Å². The molecule has 0 saturated heterocycles. The predicted molar refractivity (Wildman–Crippen MR) is 162 cm³/mol. The Morgan fingerprint density at radius 3 is 2.10 bits per heavy atom. The Hall–Kier alpha value is -3.36. The number of anilines is 1. The summed E-state index contributed by atoms with van der Waals surface area (Å²) >= 11 is 6.49. The fourth-order valence-electron chi connectivity index (χ4n) is 4.43. The molecule has 0 aliphatic heterocycles. The molecule has 7 nitrogen and oxygen atoms in total. The van der Waals surface area contributed by atoms with E-state index in [1.807, 2.05) is 69.3 Å². The summed E-state index contributed by atoms with van der Waals surface area (Å²) in [6, 6.07) is 22.8. The summed E-state index contributed by atoms with van der Waals surface area (Å²) in [5.41, 5.74) is 2.78. The first-order chi connectivity index (χ1) is 19.0. The second kappa shape index (κ2) is 14.3. The van der Waals surface area contributed by atoms with E-state index in [9.17, 15) is 18.0 Å². The van der Waals surface area contributed by atoms with Gasteiger partial charge in [-0.3, -0.25) is 13.9 Å². The van der Waals surface area contributed by atoms with Gasteiger partial charge < -0.3 is 10.2 Å². The summed E-state index contributed by atoms with van der Waals surface area (Å²) in [5.74, 6) is -0.602. The number of para-hydroxylation sites is 1. The number of nitrogens with zero attached hydrogens (tertiary/aromatic N) is 2. The monoisotopic (exact) mass is 583 g/mol. The number of sulfonamides is 1. The molecule has 3 rings (SSSR count). The van der Waals surface area contributed by atoms with Crippen LogP contribution in [0.25, 0.3) is 0 Å². The SMILES string of the molecule is CCc1ccccc1N(CC(=O)N(Cc1ccccc1Cl)[C@@H](Cc1ccccc1)C(=O)NCC(C)C)S(C)(=O)=O. The maximum absolute atomic E-state index is 14.2. The number of nitrogens with one attached hydrogen (secondary N) is 1. The maximum atomic E-state index is 14.2. The summed E-state index contributed by atoms with van der Waals surface area (Å²) in [5, 5.41) is 3.43. The Morgan fingerprint density at radius 2 is 1.50 bits per heavy atom. The molecule has 0 saturated carbocycles. The van der Waals surface area contributed by atoms with Gasteiger partial charge in [0.2, 0.25) is 21.8 Å². The van der Waals surface area contributed by atoms with Crippen molar-refractivity contribution in [3.05, 3.63) is 101 Å². The molecule has 0 radical (unpaired) electrons. The highest BCUT2D eigenvalue weighted by Crippen LogP contribution is 2.25. The normalized spacial score (nSPS) is 12.2. The molecule has 0 fully saturated rings. The molecule has 0 unspecified atom stereocenters. The van der Waals surface area contributed by atoms with Crippen molar-refractivity contribution >= 4 is 39.1 Å². The zero-order valence-corrected chi connectivity index (χ0v) is 25.1. The van der Waals surface area contributed by atoms with Gasteiger partial charge in [-0.2, -0.15) is 0 Å². The molecular formula is C31H38ClN3O4S. The number of benzene rings is 3. The minimum atomic E-state index is -3.83. The van der Waals surface area contributed by atoms with E-state index in [-0.39, 0.29) is 24.8 Å². The average Bonchev–Trinajstić information content (AvgIpc) is 2.93. The Labute approximate surface area is 243 Å². The van der Waals surface area contributed by atoms with Gasteiger partial charge in [-0.15, -0.1) is 0 Å². The Bertz CT molecular complexity index is 1400. The van der Waals surface area contributed by atoms with Gasteiger partial charge >= 0.3 is 0 Å². The highest BCUT2D eigenvalue weighted by Gasteiger charge is 2.33. The Kier molecular flexibility index (Phi) is 11.2. The summed E-state index contributed by atoms with van der Waals surface area (Å²) in [4.78, 5) is 29.3. The molecule has 0 spiro atoms. The van der Waals surface area contributed by atoms with E-state index in [2.05, 4.69) is 5.32 Å². The molecule has 3 aromatic carbocycles. The second-order valence-corrected chi connectivity index (χ2v) is 12.5. The van der Waals surface area contributed by atoms with Crippen LogP contribution >= 0.6 is 11.6 Å². The molecule has 0 bridgehead atoms. The van der Waals surface area contributed by atoms with E-state index in [0.717, 1.165) is 21.7 Å². The molecular weight excluding hydrogens is 546 g/mol. The lowest BCUT2D eigenvalue weighted by molar-refractivity contribution is -0.140. The van der Waals surface area contributed by atoms with Gasteiger partial charge in [-0.1, -0.05) is 99.1 Å². The fourth-order valence-corrected chi connectivity index (χ4v) is 5.51. The van der Waals surface area contributed by atoms with Crippen molar-refractivity contribution < 1.29 is 18.0 Å². The molecule has 0 aromatic heterocycles. The third kappa shape index (κ3) is 8.57. The van der Waals surface area contributed by atoms with E-state index in [1.165, 1.54) is 4.90 Å². The average molecular weight is 584 g/mol. The highest BCUT2D eigenvalue weighted by atomic mass is 35.5. The van der Waals surface area contributed by atoms with Crippen LogP contribution in [-0.2, 0) is 39.0 Å². The first-order valence-electron chi connectivity index (χ1n) is 13.4. The standard InChI is InChI=1S/C31H38ClN3O4S/c1-5-25-15-10-12-18-28(25)35(40(4,38)39)22-30(36)34(21-26-16-9-11-17-27(26)32)29(31(37)33-20-23(2)3)19-24-13-7-6-8-14-24/h6-18,23,29H,5,19-22H2,1-4H3,(H,33,37)/t29-/m0/s1. The van der Waals surface area contributed by atoms with Gasteiger partial charge in [0, 0.05) is 24.5 Å². The number of amides is 2. The van der Waals surface area contributed by atoms with E-state index in [0.29, 0.717) is 29.2 Å². The lowest BCUT2D eigenvalue weighted by Gasteiger charge is -2.34. The van der Waals surface area contributed by atoms with Crippen molar-refractivity contribution in [1.82, 2.24) is 10.2 Å². The third-order valence-corrected chi connectivity index (χ3v) is 8.07. The van der Waals surface area contributed by atoms with Crippen molar-refractivity contribution in [3.63, 3.8) is 0 Å². The summed E-state index contributed by atoms with van der Waals surface area (Å²) in [7, 11) is -3.83. The van der Waals surface area contributed by atoms with Crippen molar-refractivity contribution in [1.29, 1.82) is 0 Å². The highest BCUT2D eigenvalue weighted by molar-refractivity contribution is 7.92. The molecule has 3 aromatic rings. The van der Waals surface area contributed by atoms with Gasteiger partial charge in [-0.05, 0) is 41.2 Å². The molecule has 0 aliphatic rings. The van der Waals surface area contributed by atoms with Crippen molar-refractivity contribution in [3.8, 4) is 0 Å². The first-order valence-corrected chi connectivity index (χ1v) is 15.6. The number of hydrogen-bond acceptors (Lipinski definition) is 4. The fraction of sp³-hybridized carbons (Fsp3) is 0.355. The van der Waals surface area contributed by atoms with Crippen LogP contribution in [0.3, 0.4) is 0 Å². The summed E-state index contributed by atoms with van der Waals surface area (Å²) in [6.07, 6.45) is 1.93. The predicted octanol–water partition coefficient (Wildman–Crippen LogP) is 5.08. The molecule has 214 valence electrons. The van der Waals surface area contributed by atoms with Crippen molar-refractivity contribution in [2.45, 2.75) is 46.2 Å². The number of aryl methyl sites for hydroxylation is 1. The third-order valence-electron chi connectivity index (χ3n) is 6.57. The number of hydrogen-bond donors (Lipinski definition) is 1. The number of halogens is 1. The minimum Gasteiger partial charge on any atom is -0.354 e. The number of carbonyl (C=O) groups excluding carboxylic acids is 2. The quantitative estimate of drug-likeness (QED) is 0.304. The van der Waals surface area contributed by atoms with Crippen LogP contribution in [0.4, 0.5) is 5.69 Å². The molecule has 2 amide bonds. The van der Waals surface area contributed by atoms with Crippen molar-refractivity contribution in [2.24, 2.45) is 5.92 Å². The number of carbonyl (C=O) groups is 2. The molecule has 1 N–H and O–H groups in total. The Morgan fingerprint density at radius 1 is 0.900 bits per heavy atom. The van der Waals surface area contributed by atoms with Gasteiger partial charge in [0.05, 0.1) is 11.9 Å². The van der Waals surface area contributed by atoms with E-state index >= 15 is 0 Å². The largest absolute Gasteiger partial charge is 0.354 e. The van der Waals surface area contributed by atoms with Crippen molar-refractivity contribution in [2.75, 3.05) is 23.7 Å². The van der Waals surface area contributed by atoms with Crippen LogP contribution < -0.4 is 9.62 Å². The lowest BCUT2D eigenvalue weighted by Crippen LogP contribution is -2.53. The van der Waals surface area contributed by atoms with Crippen LogP contribution in [0.2, 0.25) is 5.02 Å². The molecule has 0 aliphatic carbocycles. The zero-order chi connectivity index (χ0) is 29.3. The summed E-state index contributed by atoms with van der Waals surface area (Å²) in [6.45, 7) is 5.95. The molecule has 1 atom stereocenters.